The zero-order chi connectivity index (χ0) is 13.7. The number of hydrogen-bond acceptors (Lipinski definition) is 4. The molecular formula is C10H21ClN4O2. The second-order valence-corrected chi connectivity index (χ2v) is 5.45. The van der Waals surface area contributed by atoms with Crippen molar-refractivity contribution in [2.24, 2.45) is 16.7 Å². The SMILES string of the molecule is CC(C)(CCl)C(=O)NN.CC1(C)CNNC1=O. The Morgan fingerprint density at radius 3 is 2.24 bits per heavy atom. The maximum absolute atomic E-state index is 10.7. The third kappa shape index (κ3) is 4.89. The van der Waals surface area contributed by atoms with E-state index in [0.29, 0.717) is 0 Å². The summed E-state index contributed by atoms with van der Waals surface area (Å²) in [6, 6.07) is 0. The Labute approximate surface area is 107 Å². The molecule has 0 aromatic rings. The monoisotopic (exact) mass is 264 g/mol. The highest BCUT2D eigenvalue weighted by atomic mass is 35.5. The molecule has 0 aromatic heterocycles. The highest BCUT2D eigenvalue weighted by Crippen LogP contribution is 2.16. The summed E-state index contributed by atoms with van der Waals surface area (Å²) in [6.07, 6.45) is 0. The minimum absolute atomic E-state index is 0.0810. The van der Waals surface area contributed by atoms with Gasteiger partial charge in [-0.15, -0.1) is 11.6 Å². The van der Waals surface area contributed by atoms with Gasteiger partial charge in [-0.1, -0.05) is 0 Å². The fraction of sp³-hybridized carbons (Fsp3) is 0.800. The first-order valence-corrected chi connectivity index (χ1v) is 5.81. The standard InChI is InChI=1S/C5H11ClN2O.C5H10N2O/c1-5(2,3-6)4(9)8-7;1-5(2)3-6-7-4(5)8/h3,7H2,1-2H3,(H,8,9);6H,3H2,1-2H3,(H,7,8). The lowest BCUT2D eigenvalue weighted by atomic mass is 9.95. The van der Waals surface area contributed by atoms with Crippen molar-refractivity contribution < 1.29 is 9.59 Å². The van der Waals surface area contributed by atoms with Crippen LogP contribution in [-0.2, 0) is 9.59 Å². The number of carbonyl (C=O) groups is 2. The Bertz CT molecular complexity index is 292. The number of halogens is 1. The Morgan fingerprint density at radius 1 is 1.59 bits per heavy atom. The summed E-state index contributed by atoms with van der Waals surface area (Å²) in [5, 5.41) is 0. The van der Waals surface area contributed by atoms with E-state index in [9.17, 15) is 9.59 Å². The van der Waals surface area contributed by atoms with Crippen molar-refractivity contribution in [2.45, 2.75) is 27.7 Å². The second kappa shape index (κ2) is 6.18. The molecule has 17 heavy (non-hydrogen) atoms. The number of nitrogens with two attached hydrogens (primary N) is 1. The molecule has 5 N–H and O–H groups in total. The third-order valence-electron chi connectivity index (χ3n) is 2.43. The maximum atomic E-state index is 10.7. The molecule has 0 aromatic carbocycles. The van der Waals surface area contributed by atoms with E-state index < -0.39 is 5.41 Å². The molecule has 0 spiro atoms. The van der Waals surface area contributed by atoms with Crippen molar-refractivity contribution in [3.8, 4) is 0 Å². The topological polar surface area (TPSA) is 96.2 Å². The molecule has 0 bridgehead atoms. The number of amides is 2. The first kappa shape index (κ1) is 16.1. The molecule has 0 atom stereocenters. The first-order chi connectivity index (χ1) is 7.67. The van der Waals surface area contributed by atoms with Gasteiger partial charge in [-0.05, 0) is 27.7 Å². The van der Waals surface area contributed by atoms with Crippen LogP contribution in [0.3, 0.4) is 0 Å². The Balaban J connectivity index is 0.000000302. The Morgan fingerprint density at radius 2 is 2.12 bits per heavy atom. The summed E-state index contributed by atoms with van der Waals surface area (Å²) in [5.41, 5.74) is 6.55. The van der Waals surface area contributed by atoms with Crippen molar-refractivity contribution in [2.75, 3.05) is 12.4 Å². The Hall–Kier alpha value is -0.850. The van der Waals surface area contributed by atoms with Gasteiger partial charge in [0.25, 0.3) is 0 Å². The zero-order valence-electron chi connectivity index (χ0n) is 10.7. The van der Waals surface area contributed by atoms with Gasteiger partial charge < -0.3 is 0 Å². The van der Waals surface area contributed by atoms with Crippen LogP contribution in [0.15, 0.2) is 0 Å². The van der Waals surface area contributed by atoms with Crippen molar-refractivity contribution in [1.82, 2.24) is 16.3 Å². The lowest BCUT2D eigenvalue weighted by Crippen LogP contribution is -2.41. The van der Waals surface area contributed by atoms with Gasteiger partial charge in [0.05, 0.1) is 10.8 Å². The fourth-order valence-electron chi connectivity index (χ4n) is 0.851. The molecule has 1 aliphatic rings. The lowest BCUT2D eigenvalue weighted by Gasteiger charge is -2.17. The molecule has 6 nitrogen and oxygen atoms in total. The predicted molar refractivity (Wildman–Crippen MR) is 66.8 cm³/mol. The summed E-state index contributed by atoms with van der Waals surface area (Å²) >= 11 is 5.45. The van der Waals surface area contributed by atoms with Crippen molar-refractivity contribution in [1.29, 1.82) is 0 Å². The molecule has 1 rings (SSSR count). The van der Waals surface area contributed by atoms with Crippen LogP contribution < -0.4 is 22.1 Å². The van der Waals surface area contributed by atoms with Gasteiger partial charge in [0.2, 0.25) is 11.8 Å². The normalized spacial score (nSPS) is 17.9. The molecule has 0 unspecified atom stereocenters. The quantitative estimate of drug-likeness (QED) is 0.242. The molecule has 1 fully saturated rings. The van der Waals surface area contributed by atoms with E-state index in [0.717, 1.165) is 6.54 Å². The number of alkyl halides is 1. The number of hydrogen-bond donors (Lipinski definition) is 4. The van der Waals surface area contributed by atoms with Gasteiger partial charge in [0.15, 0.2) is 0 Å². The fourth-order valence-corrected chi connectivity index (χ4v) is 0.972. The summed E-state index contributed by atoms with van der Waals surface area (Å²) in [7, 11) is 0. The van der Waals surface area contributed by atoms with Crippen LogP contribution >= 0.6 is 11.6 Å². The van der Waals surface area contributed by atoms with E-state index in [1.54, 1.807) is 13.8 Å². The van der Waals surface area contributed by atoms with Crippen LogP contribution in [0.25, 0.3) is 0 Å². The van der Waals surface area contributed by atoms with E-state index >= 15 is 0 Å². The lowest BCUT2D eigenvalue weighted by molar-refractivity contribution is -0.128. The van der Waals surface area contributed by atoms with Crippen LogP contribution in [-0.4, -0.2) is 24.2 Å². The van der Waals surface area contributed by atoms with Gasteiger partial charge in [-0.3, -0.25) is 20.4 Å². The van der Waals surface area contributed by atoms with Gasteiger partial charge >= 0.3 is 0 Å². The third-order valence-corrected chi connectivity index (χ3v) is 3.09. The molecular weight excluding hydrogens is 244 g/mol. The first-order valence-electron chi connectivity index (χ1n) is 5.27. The minimum Gasteiger partial charge on any atom is -0.294 e. The van der Waals surface area contributed by atoms with Gasteiger partial charge in [-0.25, -0.2) is 11.3 Å². The Kier molecular flexibility index (Phi) is 5.87. The minimum atomic E-state index is -0.559. The van der Waals surface area contributed by atoms with Crippen LogP contribution in [0.4, 0.5) is 0 Å². The van der Waals surface area contributed by atoms with E-state index in [2.05, 4.69) is 10.9 Å². The average molecular weight is 265 g/mol. The summed E-state index contributed by atoms with van der Waals surface area (Å²) in [4.78, 5) is 21.5. The van der Waals surface area contributed by atoms with E-state index in [4.69, 9.17) is 17.4 Å². The molecule has 1 aliphatic heterocycles. The van der Waals surface area contributed by atoms with Gasteiger partial charge in [0.1, 0.15) is 0 Å². The number of hydrazine groups is 2. The van der Waals surface area contributed by atoms with Crippen LogP contribution in [0.5, 0.6) is 0 Å². The van der Waals surface area contributed by atoms with E-state index in [1.807, 2.05) is 19.3 Å². The highest BCUT2D eigenvalue weighted by molar-refractivity contribution is 6.19. The van der Waals surface area contributed by atoms with Crippen LogP contribution in [0.2, 0.25) is 0 Å². The van der Waals surface area contributed by atoms with Crippen molar-refractivity contribution in [3.05, 3.63) is 0 Å². The second-order valence-electron chi connectivity index (χ2n) is 5.18. The van der Waals surface area contributed by atoms with Crippen molar-refractivity contribution >= 4 is 23.4 Å². The summed E-state index contributed by atoms with van der Waals surface area (Å²) in [6.45, 7) is 7.99. The van der Waals surface area contributed by atoms with Gasteiger partial charge in [0, 0.05) is 12.4 Å². The molecule has 1 heterocycles. The predicted octanol–water partition coefficient (Wildman–Crippen LogP) is -0.112. The number of nitrogens with one attached hydrogen (secondary N) is 3. The molecule has 0 saturated carbocycles. The summed E-state index contributed by atoms with van der Waals surface area (Å²) in [5.74, 6) is 4.99. The molecule has 2 amide bonds. The highest BCUT2D eigenvalue weighted by Gasteiger charge is 2.32. The van der Waals surface area contributed by atoms with Crippen LogP contribution in [0.1, 0.15) is 27.7 Å². The van der Waals surface area contributed by atoms with Gasteiger partial charge in [-0.2, -0.15) is 0 Å². The van der Waals surface area contributed by atoms with E-state index in [1.165, 1.54) is 0 Å². The van der Waals surface area contributed by atoms with E-state index in [-0.39, 0.29) is 23.1 Å². The largest absolute Gasteiger partial charge is 0.294 e. The smallest absolute Gasteiger partial charge is 0.241 e. The maximum Gasteiger partial charge on any atom is 0.241 e. The van der Waals surface area contributed by atoms with Crippen LogP contribution in [0, 0.1) is 10.8 Å². The number of rotatable bonds is 2. The molecule has 0 aliphatic carbocycles. The molecule has 0 radical (unpaired) electrons. The van der Waals surface area contributed by atoms with Crippen molar-refractivity contribution in [3.63, 3.8) is 0 Å². The average Bonchev–Trinajstić information content (AvgIpc) is 2.57. The number of carbonyl (C=O) groups excluding carboxylic acids is 2. The molecule has 1 saturated heterocycles. The summed E-state index contributed by atoms with van der Waals surface area (Å²) < 4.78 is 0. The zero-order valence-corrected chi connectivity index (χ0v) is 11.4. The molecule has 100 valence electrons. The molecule has 7 heteroatoms.